The number of allylic oxidation sites excluding steroid dienone is 3. The normalized spacial score (nSPS) is 19.7. The lowest BCUT2D eigenvalue weighted by Gasteiger charge is -2.37. The highest BCUT2D eigenvalue weighted by Crippen LogP contribution is 2.48. The van der Waals surface area contributed by atoms with Crippen molar-refractivity contribution < 1.29 is 23.8 Å². The van der Waals surface area contributed by atoms with Crippen molar-refractivity contribution in [2.45, 2.75) is 44.9 Å². The number of hydrogen-bond donors (Lipinski definition) is 1. The van der Waals surface area contributed by atoms with E-state index in [1.54, 1.807) is 20.3 Å². The Balaban J connectivity index is 1.82. The van der Waals surface area contributed by atoms with Crippen LogP contribution in [0.1, 0.15) is 56.1 Å². The highest BCUT2D eigenvalue weighted by atomic mass is 35.5. The highest BCUT2D eigenvalue weighted by molar-refractivity contribution is 6.30. The van der Waals surface area contributed by atoms with E-state index in [1.165, 1.54) is 0 Å². The maximum Gasteiger partial charge on any atom is 0.336 e. The van der Waals surface area contributed by atoms with Crippen LogP contribution in [0.4, 0.5) is 0 Å². The molecule has 2 atom stereocenters. The fraction of sp³-hybridized carbons (Fsp3) is 0.357. The van der Waals surface area contributed by atoms with Gasteiger partial charge in [-0.05, 0) is 49.4 Å². The molecule has 0 aromatic heterocycles. The van der Waals surface area contributed by atoms with Gasteiger partial charge in [-0.15, -0.1) is 0 Å². The summed E-state index contributed by atoms with van der Waals surface area (Å²) < 4.78 is 16.6. The van der Waals surface area contributed by atoms with Crippen LogP contribution in [0.3, 0.4) is 0 Å². The van der Waals surface area contributed by atoms with Crippen LogP contribution in [0.25, 0.3) is 0 Å². The number of ether oxygens (including phenoxy) is 3. The molecular formula is C28H30ClNO5. The topological polar surface area (TPSA) is 73.9 Å². The molecule has 0 bridgehead atoms. The number of benzene rings is 2. The van der Waals surface area contributed by atoms with Crippen molar-refractivity contribution in [1.29, 1.82) is 0 Å². The predicted molar refractivity (Wildman–Crippen MR) is 135 cm³/mol. The van der Waals surface area contributed by atoms with Crippen LogP contribution in [-0.4, -0.2) is 32.6 Å². The quantitative estimate of drug-likeness (QED) is 0.499. The van der Waals surface area contributed by atoms with Crippen molar-refractivity contribution in [3.8, 4) is 11.5 Å². The van der Waals surface area contributed by atoms with E-state index in [0.717, 1.165) is 16.8 Å². The maximum atomic E-state index is 13.7. The Morgan fingerprint density at radius 1 is 1.09 bits per heavy atom. The SMILES string of the molecule is CCCOC(=O)C1=C(C)NC2=C(C(=O)C[C@@H](c3ccc(Cl)cc3)C2)[C@H]1c1ccc(OC)cc1OC. The molecule has 2 aliphatic rings. The Bertz CT molecular complexity index is 1200. The molecule has 0 unspecified atom stereocenters. The second-order valence-corrected chi connectivity index (χ2v) is 9.25. The van der Waals surface area contributed by atoms with Gasteiger partial charge in [-0.25, -0.2) is 4.79 Å². The number of dihydropyridines is 1. The summed E-state index contributed by atoms with van der Waals surface area (Å²) in [6.45, 7) is 4.10. The van der Waals surface area contributed by atoms with E-state index >= 15 is 0 Å². The van der Waals surface area contributed by atoms with E-state index < -0.39 is 11.9 Å². The molecule has 0 spiro atoms. The minimum absolute atomic E-state index is 0.00476. The molecule has 35 heavy (non-hydrogen) atoms. The third-order valence-corrected chi connectivity index (χ3v) is 6.83. The van der Waals surface area contributed by atoms with Crippen LogP contribution >= 0.6 is 11.6 Å². The third kappa shape index (κ3) is 4.94. The summed E-state index contributed by atoms with van der Waals surface area (Å²) in [6.07, 6.45) is 1.69. The first-order valence-electron chi connectivity index (χ1n) is 11.8. The van der Waals surface area contributed by atoms with Crippen LogP contribution in [0.5, 0.6) is 11.5 Å². The van der Waals surface area contributed by atoms with Gasteiger partial charge in [0.05, 0.1) is 32.3 Å². The molecule has 4 rings (SSSR count). The van der Waals surface area contributed by atoms with Crippen LogP contribution in [0, 0.1) is 0 Å². The van der Waals surface area contributed by atoms with E-state index in [1.807, 2.05) is 50.2 Å². The van der Waals surface area contributed by atoms with Crippen molar-refractivity contribution >= 4 is 23.4 Å². The molecule has 1 heterocycles. The van der Waals surface area contributed by atoms with Gasteiger partial charge in [-0.1, -0.05) is 36.7 Å². The largest absolute Gasteiger partial charge is 0.497 e. The maximum absolute atomic E-state index is 13.7. The molecule has 1 aliphatic heterocycles. The zero-order valence-electron chi connectivity index (χ0n) is 20.4. The van der Waals surface area contributed by atoms with Crippen LogP contribution in [-0.2, 0) is 14.3 Å². The number of carbonyl (C=O) groups is 2. The predicted octanol–water partition coefficient (Wildman–Crippen LogP) is 5.67. The summed E-state index contributed by atoms with van der Waals surface area (Å²) in [7, 11) is 3.15. The highest BCUT2D eigenvalue weighted by Gasteiger charge is 2.42. The zero-order valence-corrected chi connectivity index (χ0v) is 21.2. The van der Waals surface area contributed by atoms with Crippen molar-refractivity contribution in [3.05, 3.63) is 81.2 Å². The van der Waals surface area contributed by atoms with Gasteiger partial charge in [0.2, 0.25) is 0 Å². The molecule has 0 radical (unpaired) electrons. The number of nitrogens with one attached hydrogen (secondary N) is 1. The summed E-state index contributed by atoms with van der Waals surface area (Å²) in [4.78, 5) is 27.0. The van der Waals surface area contributed by atoms with Crippen LogP contribution in [0.15, 0.2) is 65.0 Å². The van der Waals surface area contributed by atoms with Gasteiger partial charge in [-0.3, -0.25) is 4.79 Å². The molecule has 0 saturated heterocycles. The Hall–Kier alpha value is -3.25. The van der Waals surface area contributed by atoms with Crippen molar-refractivity contribution in [2.24, 2.45) is 0 Å². The number of methoxy groups -OCH3 is 2. The van der Waals surface area contributed by atoms with Gasteiger partial charge in [0.1, 0.15) is 11.5 Å². The van der Waals surface area contributed by atoms with E-state index in [-0.39, 0.29) is 11.7 Å². The van der Waals surface area contributed by atoms with Gasteiger partial charge in [0, 0.05) is 40.0 Å². The molecule has 1 aliphatic carbocycles. The Morgan fingerprint density at radius 3 is 2.49 bits per heavy atom. The number of ketones is 1. The van der Waals surface area contributed by atoms with Crippen molar-refractivity contribution in [1.82, 2.24) is 5.32 Å². The fourth-order valence-corrected chi connectivity index (χ4v) is 5.05. The molecule has 2 aromatic rings. The lowest BCUT2D eigenvalue weighted by atomic mass is 9.71. The smallest absolute Gasteiger partial charge is 0.336 e. The summed E-state index contributed by atoms with van der Waals surface area (Å²) >= 11 is 6.07. The van der Waals surface area contributed by atoms with Crippen LogP contribution in [0.2, 0.25) is 5.02 Å². The standard InChI is InChI=1S/C28H30ClNO5/c1-5-12-35-28(32)25-16(2)30-22-13-18(17-6-8-19(29)9-7-17)14-23(31)27(22)26(25)21-11-10-20(33-3)15-24(21)34-4/h6-11,15,18,26,30H,5,12-14H2,1-4H3/t18-,26-/m0/s1. The molecule has 0 amide bonds. The summed E-state index contributed by atoms with van der Waals surface area (Å²) in [6, 6.07) is 13.1. The molecule has 6 nitrogen and oxygen atoms in total. The molecule has 0 saturated carbocycles. The average Bonchev–Trinajstić information content (AvgIpc) is 2.86. The molecule has 7 heteroatoms. The number of esters is 1. The minimum Gasteiger partial charge on any atom is -0.497 e. The average molecular weight is 496 g/mol. The number of carbonyl (C=O) groups excluding carboxylic acids is 2. The summed E-state index contributed by atoms with van der Waals surface area (Å²) in [5.74, 6) is 0.154. The lowest BCUT2D eigenvalue weighted by molar-refractivity contribution is -0.139. The summed E-state index contributed by atoms with van der Waals surface area (Å²) in [5.41, 5.74) is 4.31. The Labute approximate surface area is 210 Å². The van der Waals surface area contributed by atoms with Gasteiger partial charge in [0.15, 0.2) is 5.78 Å². The minimum atomic E-state index is -0.602. The fourth-order valence-electron chi connectivity index (χ4n) is 4.92. The second kappa shape index (κ2) is 10.6. The lowest BCUT2D eigenvalue weighted by Crippen LogP contribution is -2.36. The second-order valence-electron chi connectivity index (χ2n) is 8.81. The van der Waals surface area contributed by atoms with E-state index in [2.05, 4.69) is 5.32 Å². The first-order valence-corrected chi connectivity index (χ1v) is 12.1. The van der Waals surface area contributed by atoms with Crippen molar-refractivity contribution in [2.75, 3.05) is 20.8 Å². The third-order valence-electron chi connectivity index (χ3n) is 6.58. The van der Waals surface area contributed by atoms with Gasteiger partial charge in [-0.2, -0.15) is 0 Å². The monoisotopic (exact) mass is 495 g/mol. The van der Waals surface area contributed by atoms with Gasteiger partial charge >= 0.3 is 5.97 Å². The van der Waals surface area contributed by atoms with E-state index in [9.17, 15) is 9.59 Å². The van der Waals surface area contributed by atoms with Gasteiger partial charge in [0.25, 0.3) is 0 Å². The van der Waals surface area contributed by atoms with E-state index in [4.69, 9.17) is 25.8 Å². The Kier molecular flexibility index (Phi) is 7.51. The molecule has 184 valence electrons. The first-order chi connectivity index (χ1) is 16.9. The molecule has 0 fully saturated rings. The number of rotatable bonds is 7. The van der Waals surface area contributed by atoms with Gasteiger partial charge < -0.3 is 19.5 Å². The molecular weight excluding hydrogens is 466 g/mol. The summed E-state index contributed by atoms with van der Waals surface area (Å²) in [5, 5.41) is 4.03. The number of hydrogen-bond acceptors (Lipinski definition) is 6. The van der Waals surface area contributed by atoms with E-state index in [0.29, 0.717) is 59.2 Å². The zero-order chi connectivity index (χ0) is 25.1. The van der Waals surface area contributed by atoms with Crippen LogP contribution < -0.4 is 14.8 Å². The first kappa shape index (κ1) is 24.9. The number of Topliss-reactive ketones (excluding diaryl/α,β-unsaturated/α-hetero) is 1. The Morgan fingerprint density at radius 2 is 1.83 bits per heavy atom. The molecule has 1 N–H and O–H groups in total. The molecule has 2 aromatic carbocycles. The number of halogens is 1. The van der Waals surface area contributed by atoms with Crippen molar-refractivity contribution in [3.63, 3.8) is 0 Å².